The minimum Gasteiger partial charge on any atom is -0.271 e. The van der Waals surface area contributed by atoms with Crippen molar-refractivity contribution in [1.29, 1.82) is 0 Å². The largest absolute Gasteiger partial charge is 0.271 e. The molecule has 0 aliphatic carbocycles. The highest BCUT2D eigenvalue weighted by molar-refractivity contribution is 7.92. The fraction of sp³-hybridized carbons (Fsp3) is 0.300. The van der Waals surface area contributed by atoms with Crippen molar-refractivity contribution in [2.75, 3.05) is 10.8 Å². The molecule has 1 N–H and O–H groups in total. The molecule has 0 aliphatic rings. The summed E-state index contributed by atoms with van der Waals surface area (Å²) >= 11 is 6.03. The van der Waals surface area contributed by atoms with Crippen molar-refractivity contribution >= 4 is 38.9 Å². The SMILES string of the molecule is C/C(=N/NC(=O)CN(c1cccc(Cl)c1)S(=O)(=O)c1ccccc1)C(C)(C)C. The highest BCUT2D eigenvalue weighted by Gasteiger charge is 2.27. The zero-order valence-corrected chi connectivity index (χ0v) is 17.9. The van der Waals surface area contributed by atoms with Gasteiger partial charge < -0.3 is 0 Å². The van der Waals surface area contributed by atoms with Crippen LogP contribution in [0.15, 0.2) is 64.6 Å². The molecule has 150 valence electrons. The molecule has 0 bridgehead atoms. The monoisotopic (exact) mass is 421 g/mol. The van der Waals surface area contributed by atoms with Gasteiger partial charge in [-0.05, 0) is 37.3 Å². The maximum absolute atomic E-state index is 13.1. The van der Waals surface area contributed by atoms with Crippen molar-refractivity contribution in [3.63, 3.8) is 0 Å². The first-order valence-electron chi connectivity index (χ1n) is 8.69. The fourth-order valence-electron chi connectivity index (χ4n) is 2.15. The number of nitrogens with one attached hydrogen (secondary N) is 1. The number of halogens is 1. The second-order valence-electron chi connectivity index (χ2n) is 7.29. The first kappa shape index (κ1) is 21.9. The summed E-state index contributed by atoms with van der Waals surface area (Å²) in [5, 5.41) is 4.45. The van der Waals surface area contributed by atoms with Crippen molar-refractivity contribution in [1.82, 2.24) is 5.43 Å². The van der Waals surface area contributed by atoms with Crippen LogP contribution in [0.25, 0.3) is 0 Å². The van der Waals surface area contributed by atoms with Gasteiger partial charge >= 0.3 is 0 Å². The van der Waals surface area contributed by atoms with Crippen molar-refractivity contribution in [3.8, 4) is 0 Å². The molecule has 0 aliphatic heterocycles. The quantitative estimate of drug-likeness (QED) is 0.564. The van der Waals surface area contributed by atoms with Crippen LogP contribution in [-0.4, -0.2) is 26.6 Å². The summed E-state index contributed by atoms with van der Waals surface area (Å²) in [5.74, 6) is -0.553. The first-order valence-corrected chi connectivity index (χ1v) is 10.5. The van der Waals surface area contributed by atoms with E-state index in [2.05, 4.69) is 10.5 Å². The minimum absolute atomic E-state index is 0.0807. The van der Waals surface area contributed by atoms with E-state index in [0.717, 1.165) is 10.0 Å². The van der Waals surface area contributed by atoms with Crippen LogP contribution in [0.3, 0.4) is 0 Å². The lowest BCUT2D eigenvalue weighted by molar-refractivity contribution is -0.119. The van der Waals surface area contributed by atoms with Crippen LogP contribution < -0.4 is 9.73 Å². The zero-order valence-electron chi connectivity index (χ0n) is 16.3. The summed E-state index contributed by atoms with van der Waals surface area (Å²) in [5.41, 5.74) is 3.24. The Bertz CT molecular complexity index is 968. The number of carbonyl (C=O) groups excluding carboxylic acids is 1. The molecular formula is C20H24ClN3O3S. The van der Waals surface area contributed by atoms with Gasteiger partial charge in [0.15, 0.2) is 0 Å². The Morgan fingerprint density at radius 1 is 1.11 bits per heavy atom. The molecule has 0 aromatic heterocycles. The Labute approximate surface area is 171 Å². The van der Waals surface area contributed by atoms with Gasteiger partial charge in [-0.2, -0.15) is 5.10 Å². The normalized spacial score (nSPS) is 12.5. The molecule has 0 radical (unpaired) electrons. The predicted molar refractivity (Wildman–Crippen MR) is 113 cm³/mol. The third-order valence-electron chi connectivity index (χ3n) is 4.15. The number of benzene rings is 2. The average Bonchev–Trinajstić information content (AvgIpc) is 2.64. The van der Waals surface area contributed by atoms with Gasteiger partial charge in [0, 0.05) is 16.1 Å². The summed E-state index contributed by atoms with van der Waals surface area (Å²) in [7, 11) is -3.97. The van der Waals surface area contributed by atoms with Gasteiger partial charge in [0.05, 0.1) is 10.6 Å². The van der Waals surface area contributed by atoms with Crippen molar-refractivity contribution in [2.24, 2.45) is 10.5 Å². The summed E-state index contributed by atoms with van der Waals surface area (Å²) < 4.78 is 27.3. The molecular weight excluding hydrogens is 398 g/mol. The van der Waals surface area contributed by atoms with Crippen LogP contribution in [0.1, 0.15) is 27.7 Å². The smallest absolute Gasteiger partial charge is 0.264 e. The summed E-state index contributed by atoms with van der Waals surface area (Å²) in [6.45, 7) is 7.27. The number of amides is 1. The highest BCUT2D eigenvalue weighted by Crippen LogP contribution is 2.26. The van der Waals surface area contributed by atoms with Gasteiger partial charge in [-0.3, -0.25) is 9.10 Å². The second-order valence-corrected chi connectivity index (χ2v) is 9.59. The van der Waals surface area contributed by atoms with E-state index in [0.29, 0.717) is 10.7 Å². The van der Waals surface area contributed by atoms with Crippen LogP contribution in [-0.2, 0) is 14.8 Å². The Morgan fingerprint density at radius 2 is 1.75 bits per heavy atom. The number of hydrazone groups is 1. The molecule has 0 fully saturated rings. The molecule has 0 unspecified atom stereocenters. The molecule has 2 rings (SSSR count). The van der Waals surface area contributed by atoms with E-state index in [1.807, 2.05) is 20.8 Å². The second kappa shape index (κ2) is 8.75. The lowest BCUT2D eigenvalue weighted by Crippen LogP contribution is -2.40. The van der Waals surface area contributed by atoms with Crippen LogP contribution in [0, 0.1) is 5.41 Å². The molecule has 6 nitrogen and oxygen atoms in total. The van der Waals surface area contributed by atoms with E-state index >= 15 is 0 Å². The van der Waals surface area contributed by atoms with Gasteiger partial charge in [0.2, 0.25) is 0 Å². The topological polar surface area (TPSA) is 78.8 Å². The third kappa shape index (κ3) is 5.56. The first-order chi connectivity index (χ1) is 13.0. The number of hydrogen-bond donors (Lipinski definition) is 1. The molecule has 0 saturated carbocycles. The molecule has 28 heavy (non-hydrogen) atoms. The van der Waals surface area contributed by atoms with E-state index in [4.69, 9.17) is 11.6 Å². The van der Waals surface area contributed by atoms with E-state index in [-0.39, 0.29) is 10.3 Å². The van der Waals surface area contributed by atoms with Gasteiger partial charge in [-0.1, -0.05) is 56.6 Å². The average molecular weight is 422 g/mol. The molecule has 0 saturated heterocycles. The fourth-order valence-corrected chi connectivity index (χ4v) is 3.76. The van der Waals surface area contributed by atoms with E-state index in [1.54, 1.807) is 43.3 Å². The maximum Gasteiger partial charge on any atom is 0.264 e. The third-order valence-corrected chi connectivity index (χ3v) is 6.17. The molecule has 8 heteroatoms. The number of sulfonamides is 1. The Morgan fingerprint density at radius 3 is 2.32 bits per heavy atom. The number of anilines is 1. The standard InChI is InChI=1S/C20H24ClN3O3S/c1-15(20(2,3)4)22-23-19(25)14-24(17-10-8-9-16(21)13-17)28(26,27)18-11-6-5-7-12-18/h5-13H,14H2,1-4H3,(H,23,25)/b22-15-. The Balaban J connectivity index is 2.36. The van der Waals surface area contributed by atoms with Crippen molar-refractivity contribution in [3.05, 3.63) is 59.6 Å². The van der Waals surface area contributed by atoms with Gasteiger partial charge in [0.25, 0.3) is 15.9 Å². The van der Waals surface area contributed by atoms with Crippen LogP contribution in [0.5, 0.6) is 0 Å². The van der Waals surface area contributed by atoms with Gasteiger partial charge in [0.1, 0.15) is 6.54 Å². The maximum atomic E-state index is 13.1. The van der Waals surface area contributed by atoms with E-state index < -0.39 is 22.5 Å². The summed E-state index contributed by atoms with van der Waals surface area (Å²) in [6, 6.07) is 14.3. The minimum atomic E-state index is -3.97. The molecule has 0 spiro atoms. The molecule has 0 atom stereocenters. The van der Waals surface area contributed by atoms with Crippen molar-refractivity contribution < 1.29 is 13.2 Å². The number of carbonyl (C=O) groups is 1. The lowest BCUT2D eigenvalue weighted by Gasteiger charge is -2.24. The predicted octanol–water partition coefficient (Wildman–Crippen LogP) is 4.07. The van der Waals surface area contributed by atoms with Crippen LogP contribution in [0.4, 0.5) is 5.69 Å². The van der Waals surface area contributed by atoms with Crippen molar-refractivity contribution in [2.45, 2.75) is 32.6 Å². The number of hydrogen-bond acceptors (Lipinski definition) is 4. The Hall–Kier alpha value is -2.38. The molecule has 1 amide bonds. The molecule has 2 aromatic rings. The van der Waals surface area contributed by atoms with Gasteiger partial charge in [-0.25, -0.2) is 13.8 Å². The zero-order chi connectivity index (χ0) is 20.9. The van der Waals surface area contributed by atoms with Crippen LogP contribution in [0.2, 0.25) is 5.02 Å². The lowest BCUT2D eigenvalue weighted by atomic mass is 9.91. The van der Waals surface area contributed by atoms with Gasteiger partial charge in [-0.15, -0.1) is 0 Å². The number of nitrogens with zero attached hydrogens (tertiary/aromatic N) is 2. The number of rotatable bonds is 6. The molecule has 0 heterocycles. The summed E-state index contributed by atoms with van der Waals surface area (Å²) in [6.07, 6.45) is 0. The van der Waals surface area contributed by atoms with E-state index in [1.165, 1.54) is 18.2 Å². The Kier molecular flexibility index (Phi) is 6.85. The molecule has 2 aromatic carbocycles. The highest BCUT2D eigenvalue weighted by atomic mass is 35.5. The summed E-state index contributed by atoms with van der Waals surface area (Å²) in [4.78, 5) is 12.5. The van der Waals surface area contributed by atoms with Crippen LogP contribution >= 0.6 is 11.6 Å². The van der Waals surface area contributed by atoms with E-state index in [9.17, 15) is 13.2 Å².